The van der Waals surface area contributed by atoms with E-state index in [1.54, 1.807) is 6.92 Å². The summed E-state index contributed by atoms with van der Waals surface area (Å²) in [5.41, 5.74) is -0.437. The van der Waals surface area contributed by atoms with Gasteiger partial charge in [0, 0.05) is 24.6 Å². The number of carbonyl (C=O) groups is 3. The first-order chi connectivity index (χ1) is 12.6. The number of likely N-dealkylation sites (tertiary alicyclic amines) is 1. The fourth-order valence-corrected chi connectivity index (χ4v) is 4.12. The third kappa shape index (κ3) is 4.51. The molecule has 1 saturated heterocycles. The number of esters is 1. The molecule has 152 valence electrons. The number of fused-ring (bicyclic) bond motifs is 1. The zero-order valence-electron chi connectivity index (χ0n) is 16.9. The molecular formula is C20H32N2O5. The maximum absolute atomic E-state index is 13.2. The molecule has 2 N–H and O–H groups in total. The van der Waals surface area contributed by atoms with Crippen LogP contribution in [0.5, 0.6) is 0 Å². The van der Waals surface area contributed by atoms with E-state index in [-0.39, 0.29) is 43.4 Å². The van der Waals surface area contributed by atoms with E-state index in [2.05, 4.69) is 5.32 Å². The van der Waals surface area contributed by atoms with E-state index in [1.165, 1.54) is 4.90 Å². The highest BCUT2D eigenvalue weighted by Gasteiger charge is 2.57. The number of amides is 2. The van der Waals surface area contributed by atoms with E-state index < -0.39 is 29.4 Å². The van der Waals surface area contributed by atoms with Crippen molar-refractivity contribution in [2.24, 2.45) is 23.7 Å². The van der Waals surface area contributed by atoms with Gasteiger partial charge < -0.3 is 20.1 Å². The summed E-state index contributed by atoms with van der Waals surface area (Å²) in [7, 11) is 0. The third-order valence-corrected chi connectivity index (χ3v) is 5.16. The number of ether oxygens (including phenoxy) is 1. The van der Waals surface area contributed by atoms with Crippen molar-refractivity contribution >= 4 is 17.8 Å². The van der Waals surface area contributed by atoms with Crippen LogP contribution in [0.3, 0.4) is 0 Å². The van der Waals surface area contributed by atoms with Crippen LogP contribution in [0.15, 0.2) is 12.2 Å². The highest BCUT2D eigenvalue weighted by atomic mass is 16.5. The van der Waals surface area contributed by atoms with Crippen LogP contribution in [0.25, 0.3) is 0 Å². The van der Waals surface area contributed by atoms with E-state index in [9.17, 15) is 19.5 Å². The van der Waals surface area contributed by atoms with Gasteiger partial charge in [0.15, 0.2) is 0 Å². The summed E-state index contributed by atoms with van der Waals surface area (Å²) in [6.45, 7) is 9.75. The Morgan fingerprint density at radius 3 is 2.52 bits per heavy atom. The predicted molar refractivity (Wildman–Crippen MR) is 101 cm³/mol. The second-order valence-electron chi connectivity index (χ2n) is 8.42. The molecule has 7 nitrogen and oxygen atoms in total. The highest BCUT2D eigenvalue weighted by Crippen LogP contribution is 2.44. The largest absolute Gasteiger partial charge is 0.466 e. The summed E-state index contributed by atoms with van der Waals surface area (Å²) < 4.78 is 5.22. The van der Waals surface area contributed by atoms with E-state index >= 15 is 0 Å². The first-order valence-electron chi connectivity index (χ1n) is 9.70. The Hall–Kier alpha value is -1.89. The van der Waals surface area contributed by atoms with Gasteiger partial charge in [0.1, 0.15) is 6.04 Å². The Bertz CT molecular complexity index is 610. The Kier molecular flexibility index (Phi) is 6.68. The molecule has 1 fully saturated rings. The van der Waals surface area contributed by atoms with Crippen LogP contribution >= 0.6 is 0 Å². The van der Waals surface area contributed by atoms with Crippen molar-refractivity contribution in [3.63, 3.8) is 0 Å². The van der Waals surface area contributed by atoms with Crippen molar-refractivity contribution in [2.75, 3.05) is 19.8 Å². The molecule has 0 bridgehead atoms. The van der Waals surface area contributed by atoms with Gasteiger partial charge in [-0.05, 0) is 40.0 Å². The number of aliphatic hydroxyl groups excluding tert-OH is 1. The SMILES string of the molecule is CCOC(=O)[C@H]1[C@H]2C(=O)N(CCCO)[C@H](C(=O)NC(C)(C)C)[C@H]2C=C[C@H]1C. The zero-order chi connectivity index (χ0) is 20.4. The molecule has 0 aromatic rings. The molecule has 7 heteroatoms. The Morgan fingerprint density at radius 2 is 1.96 bits per heavy atom. The number of aliphatic hydroxyl groups is 1. The molecular weight excluding hydrogens is 348 g/mol. The van der Waals surface area contributed by atoms with Crippen molar-refractivity contribution in [1.82, 2.24) is 10.2 Å². The van der Waals surface area contributed by atoms with Gasteiger partial charge in [0.25, 0.3) is 0 Å². The lowest BCUT2D eigenvalue weighted by Gasteiger charge is -2.33. The lowest BCUT2D eigenvalue weighted by atomic mass is 9.70. The summed E-state index contributed by atoms with van der Waals surface area (Å²) in [5.74, 6) is -2.57. The molecule has 0 aromatic heterocycles. The topological polar surface area (TPSA) is 95.9 Å². The van der Waals surface area contributed by atoms with Crippen LogP contribution in [0.4, 0.5) is 0 Å². The molecule has 2 amide bonds. The van der Waals surface area contributed by atoms with Crippen molar-refractivity contribution in [1.29, 1.82) is 0 Å². The molecule has 2 rings (SSSR count). The maximum atomic E-state index is 13.2. The molecule has 0 saturated carbocycles. The molecule has 0 spiro atoms. The first-order valence-corrected chi connectivity index (χ1v) is 9.70. The number of allylic oxidation sites excluding steroid dienone is 1. The summed E-state index contributed by atoms with van der Waals surface area (Å²) in [5, 5.41) is 12.2. The second kappa shape index (κ2) is 8.42. The molecule has 2 aliphatic rings. The van der Waals surface area contributed by atoms with Crippen molar-refractivity contribution in [2.45, 2.75) is 52.6 Å². The normalized spacial score (nSPS) is 30.2. The zero-order valence-corrected chi connectivity index (χ0v) is 16.9. The summed E-state index contributed by atoms with van der Waals surface area (Å²) >= 11 is 0. The van der Waals surface area contributed by atoms with E-state index in [0.717, 1.165) is 0 Å². The quantitative estimate of drug-likeness (QED) is 0.532. The lowest BCUT2D eigenvalue weighted by Crippen LogP contribution is -2.52. The van der Waals surface area contributed by atoms with Crippen molar-refractivity contribution in [3.05, 3.63) is 12.2 Å². The van der Waals surface area contributed by atoms with Crippen molar-refractivity contribution < 1.29 is 24.2 Å². The van der Waals surface area contributed by atoms with Crippen LogP contribution in [-0.4, -0.2) is 59.1 Å². The van der Waals surface area contributed by atoms with Gasteiger partial charge in [-0.1, -0.05) is 19.1 Å². The van der Waals surface area contributed by atoms with Crippen LogP contribution in [0.1, 0.15) is 41.0 Å². The molecule has 5 atom stereocenters. The average Bonchev–Trinajstić information content (AvgIpc) is 2.84. The minimum Gasteiger partial charge on any atom is -0.466 e. The average molecular weight is 380 g/mol. The predicted octanol–water partition coefficient (Wildman–Crippen LogP) is 1.11. The van der Waals surface area contributed by atoms with Gasteiger partial charge in [0.2, 0.25) is 11.8 Å². The minimum absolute atomic E-state index is 0.0692. The minimum atomic E-state index is -0.686. The molecule has 1 aliphatic carbocycles. The maximum Gasteiger partial charge on any atom is 0.310 e. The number of rotatable bonds is 6. The second-order valence-corrected chi connectivity index (χ2v) is 8.42. The number of hydrogen-bond acceptors (Lipinski definition) is 5. The molecule has 1 heterocycles. The molecule has 27 heavy (non-hydrogen) atoms. The number of hydrogen-bond donors (Lipinski definition) is 2. The molecule has 0 aromatic carbocycles. The monoisotopic (exact) mass is 380 g/mol. The van der Waals surface area contributed by atoms with Gasteiger partial charge in [-0.2, -0.15) is 0 Å². The summed E-state index contributed by atoms with van der Waals surface area (Å²) in [4.78, 5) is 40.3. The van der Waals surface area contributed by atoms with Crippen LogP contribution in [0.2, 0.25) is 0 Å². The van der Waals surface area contributed by atoms with Crippen LogP contribution in [0, 0.1) is 23.7 Å². The number of nitrogens with zero attached hydrogens (tertiary/aromatic N) is 1. The van der Waals surface area contributed by atoms with E-state index in [1.807, 2.05) is 39.8 Å². The van der Waals surface area contributed by atoms with E-state index in [4.69, 9.17) is 4.74 Å². The third-order valence-electron chi connectivity index (χ3n) is 5.16. The summed E-state index contributed by atoms with van der Waals surface area (Å²) in [6, 6.07) is -0.686. The lowest BCUT2D eigenvalue weighted by molar-refractivity contribution is -0.155. The Balaban J connectivity index is 2.40. The Morgan fingerprint density at radius 1 is 1.30 bits per heavy atom. The summed E-state index contributed by atoms with van der Waals surface area (Å²) in [6.07, 6.45) is 4.19. The van der Waals surface area contributed by atoms with E-state index in [0.29, 0.717) is 6.42 Å². The van der Waals surface area contributed by atoms with Gasteiger partial charge >= 0.3 is 5.97 Å². The number of carbonyl (C=O) groups excluding carboxylic acids is 3. The van der Waals surface area contributed by atoms with Gasteiger partial charge in [-0.15, -0.1) is 0 Å². The van der Waals surface area contributed by atoms with Crippen molar-refractivity contribution in [3.8, 4) is 0 Å². The van der Waals surface area contributed by atoms with Gasteiger partial charge in [-0.25, -0.2) is 0 Å². The first kappa shape index (κ1) is 21.4. The van der Waals surface area contributed by atoms with Crippen LogP contribution in [-0.2, 0) is 19.1 Å². The fourth-order valence-electron chi connectivity index (χ4n) is 4.12. The fraction of sp³-hybridized carbons (Fsp3) is 0.750. The smallest absolute Gasteiger partial charge is 0.310 e. The number of nitrogens with one attached hydrogen (secondary N) is 1. The van der Waals surface area contributed by atoms with Gasteiger partial charge in [0.05, 0.1) is 18.4 Å². The van der Waals surface area contributed by atoms with Crippen LogP contribution < -0.4 is 5.32 Å². The highest BCUT2D eigenvalue weighted by molar-refractivity contribution is 5.96. The standard InChI is InChI=1S/C20H32N2O5/c1-6-27-19(26)14-12(2)8-9-13-15(14)18(25)22(10-7-11-23)16(13)17(24)21-20(3,4)5/h8-9,12-16,23H,6-7,10-11H2,1-5H3,(H,21,24)/t12-,13+,14-,15+,16+/m1/s1. The van der Waals surface area contributed by atoms with Gasteiger partial charge in [-0.3, -0.25) is 14.4 Å². The Labute approximate surface area is 161 Å². The molecule has 0 unspecified atom stereocenters. The molecule has 1 aliphatic heterocycles. The molecule has 0 radical (unpaired) electrons.